The monoisotopic (exact) mass is 538 g/mol. The summed E-state index contributed by atoms with van der Waals surface area (Å²) in [5, 5.41) is 12.5. The van der Waals surface area contributed by atoms with Crippen LogP contribution in [0.3, 0.4) is 0 Å². The van der Waals surface area contributed by atoms with Gasteiger partial charge in [0.05, 0.1) is 38.9 Å². The Morgan fingerprint density at radius 3 is 2.46 bits per heavy atom. The van der Waals surface area contributed by atoms with E-state index in [9.17, 15) is 10.0 Å². The number of rotatable bonds is 10. The molecule has 1 heterocycles. The van der Waals surface area contributed by atoms with Crippen molar-refractivity contribution in [2.45, 2.75) is 51.7 Å². The summed E-state index contributed by atoms with van der Waals surface area (Å²) in [5.41, 5.74) is 4.17. The Balaban J connectivity index is 1.77. The lowest BCUT2D eigenvalue weighted by Crippen LogP contribution is -2.43. The molecule has 1 aliphatic rings. The van der Waals surface area contributed by atoms with Crippen molar-refractivity contribution in [3.05, 3.63) is 103 Å². The molecule has 4 rings (SSSR count). The number of nitrogens with zero attached hydrogens (tertiary/aromatic N) is 4. The summed E-state index contributed by atoms with van der Waals surface area (Å²) in [6.07, 6.45) is 3.44. The van der Waals surface area contributed by atoms with Gasteiger partial charge in [-0.1, -0.05) is 65.3 Å². The molecule has 35 heavy (non-hydrogen) atoms. The van der Waals surface area contributed by atoms with Gasteiger partial charge in [-0.15, -0.1) is 0 Å². The molecular weight excluding hydrogens is 504 g/mol. The summed E-state index contributed by atoms with van der Waals surface area (Å²) in [6, 6.07) is 18.3. The molecule has 6 nitrogen and oxygen atoms in total. The topological polar surface area (TPSA) is 61.2 Å². The first-order valence-electron chi connectivity index (χ1n) is 12.4. The van der Waals surface area contributed by atoms with Crippen molar-refractivity contribution in [1.29, 1.82) is 0 Å². The van der Waals surface area contributed by atoms with Crippen LogP contribution in [0.4, 0.5) is 0 Å². The number of aromatic nitrogens is 2. The van der Waals surface area contributed by atoms with E-state index in [1.54, 1.807) is 14.1 Å². The summed E-state index contributed by atoms with van der Waals surface area (Å²) in [7, 11) is 3.36. The lowest BCUT2D eigenvalue weighted by molar-refractivity contribution is -0.839. The fourth-order valence-corrected chi connectivity index (χ4v) is 5.13. The Labute approximate surface area is 216 Å². The molecular formula is C28H35BrN4O2. The zero-order chi connectivity index (χ0) is 25.0. The average molecular weight is 540 g/mol. The van der Waals surface area contributed by atoms with Crippen molar-refractivity contribution >= 4 is 15.9 Å². The maximum absolute atomic E-state index is 13.7. The molecule has 1 aromatic heterocycles. The van der Waals surface area contributed by atoms with E-state index in [4.69, 9.17) is 4.98 Å². The number of hydrogen-bond acceptors (Lipinski definition) is 4. The van der Waals surface area contributed by atoms with Gasteiger partial charge in [0.2, 0.25) is 0 Å². The van der Waals surface area contributed by atoms with Gasteiger partial charge in [0.15, 0.2) is 0 Å². The minimum Gasteiger partial charge on any atom is -0.633 e. The molecule has 0 saturated carbocycles. The van der Waals surface area contributed by atoms with E-state index < -0.39 is 0 Å². The Morgan fingerprint density at radius 1 is 1.09 bits per heavy atom. The van der Waals surface area contributed by atoms with Crippen molar-refractivity contribution in [2.24, 2.45) is 0 Å². The third-order valence-electron chi connectivity index (χ3n) is 6.75. The predicted octanol–water partition coefficient (Wildman–Crippen LogP) is 5.07. The summed E-state index contributed by atoms with van der Waals surface area (Å²) in [5.74, 6) is 0.815. The molecule has 0 aliphatic heterocycles. The van der Waals surface area contributed by atoms with Crippen molar-refractivity contribution < 1.29 is 4.65 Å². The Hall–Kier alpha value is -2.32. The average Bonchev–Trinajstić information content (AvgIpc) is 3.30. The zero-order valence-electron chi connectivity index (χ0n) is 20.9. The van der Waals surface area contributed by atoms with Gasteiger partial charge in [-0.2, -0.15) is 0 Å². The second kappa shape index (κ2) is 11.2. The van der Waals surface area contributed by atoms with Crippen molar-refractivity contribution in [1.82, 2.24) is 14.5 Å². The van der Waals surface area contributed by atoms with Gasteiger partial charge in [-0.3, -0.25) is 14.3 Å². The molecule has 0 radical (unpaired) electrons. The van der Waals surface area contributed by atoms with Gasteiger partial charge in [0.25, 0.3) is 5.56 Å². The van der Waals surface area contributed by atoms with Gasteiger partial charge < -0.3 is 9.85 Å². The van der Waals surface area contributed by atoms with E-state index in [1.165, 1.54) is 5.56 Å². The third kappa shape index (κ3) is 6.47. The highest BCUT2D eigenvalue weighted by molar-refractivity contribution is 9.10. The fourth-order valence-electron chi connectivity index (χ4n) is 4.86. The van der Waals surface area contributed by atoms with E-state index in [0.717, 1.165) is 52.8 Å². The fraction of sp³-hybridized carbons (Fsp3) is 0.429. The SMILES string of the molecule is CCC(c1nc2c(c(=O)n1Cc1ccccc1)CCC2)N(CC[N+](C)(C)[O-])Cc1ccc(Br)cc1. The Morgan fingerprint density at radius 2 is 1.80 bits per heavy atom. The first-order valence-corrected chi connectivity index (χ1v) is 13.2. The second-order valence-corrected chi connectivity index (χ2v) is 10.9. The minimum atomic E-state index is -0.359. The number of hydroxylamine groups is 3. The third-order valence-corrected chi connectivity index (χ3v) is 7.28. The molecule has 1 aliphatic carbocycles. The van der Waals surface area contributed by atoms with Crippen molar-refractivity contribution in [3.8, 4) is 0 Å². The minimum absolute atomic E-state index is 0.0764. The van der Waals surface area contributed by atoms with E-state index in [1.807, 2.05) is 34.9 Å². The van der Waals surface area contributed by atoms with Crippen LogP contribution in [0.5, 0.6) is 0 Å². The van der Waals surface area contributed by atoms with Gasteiger partial charge in [-0.05, 0) is 48.9 Å². The van der Waals surface area contributed by atoms with Crippen LogP contribution in [0.25, 0.3) is 0 Å². The first-order chi connectivity index (χ1) is 16.7. The standard InChI is InChI=1S/C28H35BrN4O2/c1-4-26(31(17-18-33(2,3)35)19-22-13-15-23(29)16-14-22)27-30-25-12-8-11-24(25)28(34)32(27)20-21-9-6-5-7-10-21/h5-7,9-10,13-16,26H,4,8,11-12,17-20H2,1-3H3. The molecule has 0 saturated heterocycles. The number of quaternary nitrogens is 1. The lowest BCUT2D eigenvalue weighted by Gasteiger charge is -2.38. The summed E-state index contributed by atoms with van der Waals surface area (Å²) in [6.45, 7) is 4.40. The zero-order valence-corrected chi connectivity index (χ0v) is 22.5. The number of hydrogen-bond donors (Lipinski definition) is 0. The van der Waals surface area contributed by atoms with Crippen LogP contribution in [-0.2, 0) is 25.9 Å². The molecule has 186 valence electrons. The number of benzene rings is 2. The molecule has 1 atom stereocenters. The van der Waals surface area contributed by atoms with E-state index in [0.29, 0.717) is 26.2 Å². The maximum atomic E-state index is 13.7. The number of aryl methyl sites for hydroxylation is 1. The number of likely N-dealkylation sites (N-methyl/N-ethyl adjacent to an activating group) is 1. The second-order valence-electron chi connectivity index (χ2n) is 9.94. The van der Waals surface area contributed by atoms with Crippen LogP contribution in [-0.4, -0.2) is 46.3 Å². The highest BCUT2D eigenvalue weighted by Crippen LogP contribution is 2.28. The smallest absolute Gasteiger partial charge is 0.257 e. The molecule has 0 bridgehead atoms. The van der Waals surface area contributed by atoms with Crippen LogP contribution >= 0.6 is 15.9 Å². The van der Waals surface area contributed by atoms with Crippen LogP contribution in [0.2, 0.25) is 0 Å². The van der Waals surface area contributed by atoms with E-state index >= 15 is 0 Å². The lowest BCUT2D eigenvalue weighted by atomic mass is 10.1. The normalized spacial score (nSPS) is 14.3. The van der Waals surface area contributed by atoms with Crippen LogP contribution in [0, 0.1) is 5.21 Å². The molecule has 0 N–H and O–H groups in total. The van der Waals surface area contributed by atoms with Crippen LogP contribution in [0.15, 0.2) is 63.9 Å². The first kappa shape index (κ1) is 25.8. The summed E-state index contributed by atoms with van der Waals surface area (Å²) >= 11 is 3.52. The van der Waals surface area contributed by atoms with E-state index in [2.05, 4.69) is 52.0 Å². The molecule has 1 unspecified atom stereocenters. The predicted molar refractivity (Wildman–Crippen MR) is 144 cm³/mol. The molecule has 2 aromatic carbocycles. The highest BCUT2D eigenvalue weighted by atomic mass is 79.9. The molecule has 0 amide bonds. The maximum Gasteiger partial charge on any atom is 0.257 e. The molecule has 3 aromatic rings. The van der Waals surface area contributed by atoms with Crippen LogP contribution < -0.4 is 5.56 Å². The summed E-state index contributed by atoms with van der Waals surface area (Å²) in [4.78, 5) is 21.1. The van der Waals surface area contributed by atoms with E-state index in [-0.39, 0.29) is 16.2 Å². The van der Waals surface area contributed by atoms with Crippen molar-refractivity contribution in [3.63, 3.8) is 0 Å². The van der Waals surface area contributed by atoms with Gasteiger partial charge in [-0.25, -0.2) is 4.98 Å². The van der Waals surface area contributed by atoms with Gasteiger partial charge in [0.1, 0.15) is 5.82 Å². The van der Waals surface area contributed by atoms with Gasteiger partial charge >= 0.3 is 0 Å². The van der Waals surface area contributed by atoms with Crippen molar-refractivity contribution in [2.75, 3.05) is 27.2 Å². The largest absolute Gasteiger partial charge is 0.633 e. The number of fused-ring (bicyclic) bond motifs is 1. The quantitative estimate of drug-likeness (QED) is 0.267. The van der Waals surface area contributed by atoms with Gasteiger partial charge in [0, 0.05) is 23.1 Å². The highest BCUT2D eigenvalue weighted by Gasteiger charge is 2.29. The number of halogens is 1. The van der Waals surface area contributed by atoms with Crippen LogP contribution in [0.1, 0.15) is 54.0 Å². The molecule has 0 fully saturated rings. The Kier molecular flexibility index (Phi) is 8.22. The molecule has 7 heteroatoms. The Bertz CT molecular complexity index is 1190. The summed E-state index contributed by atoms with van der Waals surface area (Å²) < 4.78 is 2.57. The molecule has 0 spiro atoms.